The number of aryl methyl sites for hydroxylation is 2. The largest absolute Gasteiger partial charge is 0.288 e. The van der Waals surface area contributed by atoms with Gasteiger partial charge in [0.25, 0.3) is 10.0 Å². The molecule has 1 aromatic heterocycles. The van der Waals surface area contributed by atoms with Crippen molar-refractivity contribution < 1.29 is 13.2 Å². The molecule has 1 aliphatic rings. The first-order valence-electron chi connectivity index (χ1n) is 8.53. The zero-order chi connectivity index (χ0) is 20.6. The maximum Gasteiger partial charge on any atom is 0.282 e. The van der Waals surface area contributed by atoms with Gasteiger partial charge < -0.3 is 0 Å². The summed E-state index contributed by atoms with van der Waals surface area (Å²) in [5, 5.41) is 11.6. The molecular weight excluding hydrogens is 410 g/mol. The Kier molecular flexibility index (Phi) is 4.89. The van der Waals surface area contributed by atoms with Crippen molar-refractivity contribution in [2.45, 2.75) is 17.0 Å². The maximum absolute atomic E-state index is 12.9. The second-order valence-electron chi connectivity index (χ2n) is 6.34. The molecule has 1 aliphatic carbocycles. The number of carbonyl (C=O) groups is 1. The van der Waals surface area contributed by atoms with Gasteiger partial charge in [0, 0.05) is 18.2 Å². The number of benzene rings is 2. The first-order chi connectivity index (χ1) is 13.8. The number of nitrogens with zero attached hydrogens (tertiary/aromatic N) is 5. The average molecular weight is 425 g/mol. The van der Waals surface area contributed by atoms with E-state index in [1.165, 1.54) is 22.9 Å². The number of Topliss-reactive ketones (excluding diaryl/α,β-unsaturated/α-hetero) is 1. The van der Waals surface area contributed by atoms with Gasteiger partial charge in [-0.15, -0.1) is 5.10 Å². The Bertz CT molecular complexity index is 1280. The molecule has 0 atom stereocenters. The van der Waals surface area contributed by atoms with Gasteiger partial charge >= 0.3 is 0 Å². The highest BCUT2D eigenvalue weighted by Gasteiger charge is 2.27. The van der Waals surface area contributed by atoms with Crippen molar-refractivity contribution >= 4 is 33.3 Å². The predicted molar refractivity (Wildman–Crippen MR) is 108 cm³/mol. The van der Waals surface area contributed by atoms with Crippen molar-refractivity contribution in [1.82, 2.24) is 20.2 Å². The standard InChI is InChI=1S/C19H15N5O3S2/c1-12-7-9-13(10-8-12)29(26,27)21-16-11-17(28-19-20-22-23-24(19)2)18(25)15-6-4-3-5-14(15)16/h3-11H,1-2H3/b21-16-. The van der Waals surface area contributed by atoms with Crippen LogP contribution in [0.2, 0.25) is 0 Å². The van der Waals surface area contributed by atoms with Crippen LogP contribution in [0.5, 0.6) is 0 Å². The first-order valence-corrected chi connectivity index (χ1v) is 10.8. The van der Waals surface area contributed by atoms with Gasteiger partial charge in [-0.25, -0.2) is 4.68 Å². The number of allylic oxidation sites excluding steroid dienone is 2. The Morgan fingerprint density at radius 2 is 1.72 bits per heavy atom. The number of hydrogen-bond acceptors (Lipinski definition) is 7. The number of rotatable bonds is 4. The number of carbonyl (C=O) groups excluding carboxylic acids is 1. The molecule has 0 spiro atoms. The van der Waals surface area contributed by atoms with Crippen molar-refractivity contribution in [3.63, 3.8) is 0 Å². The zero-order valence-electron chi connectivity index (χ0n) is 15.5. The number of hydrogen-bond donors (Lipinski definition) is 0. The summed E-state index contributed by atoms with van der Waals surface area (Å²) in [6.07, 6.45) is 1.47. The van der Waals surface area contributed by atoms with E-state index in [-0.39, 0.29) is 16.4 Å². The lowest BCUT2D eigenvalue weighted by molar-refractivity contribution is 0.104. The summed E-state index contributed by atoms with van der Waals surface area (Å²) in [6.45, 7) is 1.87. The van der Waals surface area contributed by atoms with Gasteiger partial charge in [0.1, 0.15) is 0 Å². The average Bonchev–Trinajstić information content (AvgIpc) is 3.10. The molecule has 0 fully saturated rings. The van der Waals surface area contributed by atoms with Crippen molar-refractivity contribution in [3.8, 4) is 0 Å². The molecule has 0 unspecified atom stereocenters. The van der Waals surface area contributed by atoms with E-state index < -0.39 is 10.0 Å². The summed E-state index contributed by atoms with van der Waals surface area (Å²) in [7, 11) is -2.30. The SMILES string of the molecule is Cc1ccc(S(=O)(=O)/N=C2/C=C(Sc3nnnn3C)C(=O)c3ccccc32)cc1. The second-order valence-corrected chi connectivity index (χ2v) is 8.95. The molecule has 8 nitrogen and oxygen atoms in total. The number of sulfonamides is 1. The van der Waals surface area contributed by atoms with Crippen LogP contribution < -0.4 is 0 Å². The van der Waals surface area contributed by atoms with E-state index in [0.717, 1.165) is 17.3 Å². The van der Waals surface area contributed by atoms with Crippen LogP contribution in [0.4, 0.5) is 0 Å². The third kappa shape index (κ3) is 3.76. The van der Waals surface area contributed by atoms with Gasteiger partial charge in [-0.05, 0) is 47.3 Å². The molecule has 0 N–H and O–H groups in total. The zero-order valence-corrected chi connectivity index (χ0v) is 17.1. The fraction of sp³-hybridized carbons (Fsp3) is 0.105. The number of fused-ring (bicyclic) bond motifs is 1. The Balaban J connectivity index is 1.83. The molecule has 0 radical (unpaired) electrons. The quantitative estimate of drug-likeness (QED) is 0.632. The number of tetrazole rings is 1. The molecule has 3 aromatic rings. The molecule has 1 heterocycles. The molecule has 146 valence electrons. The lowest BCUT2D eigenvalue weighted by Crippen LogP contribution is -2.17. The fourth-order valence-corrected chi connectivity index (χ4v) is 4.57. The minimum absolute atomic E-state index is 0.0880. The van der Waals surface area contributed by atoms with Gasteiger partial charge in [-0.1, -0.05) is 42.0 Å². The minimum atomic E-state index is -3.95. The van der Waals surface area contributed by atoms with Gasteiger partial charge in [0.15, 0.2) is 0 Å². The van der Waals surface area contributed by atoms with Crippen molar-refractivity contribution in [2.24, 2.45) is 11.4 Å². The van der Waals surface area contributed by atoms with Crippen LogP contribution in [0.15, 0.2) is 74.0 Å². The number of thioether (sulfide) groups is 1. The van der Waals surface area contributed by atoms with Crippen LogP contribution in [0, 0.1) is 6.92 Å². The van der Waals surface area contributed by atoms with Crippen molar-refractivity contribution in [2.75, 3.05) is 0 Å². The predicted octanol–water partition coefficient (Wildman–Crippen LogP) is 2.57. The lowest BCUT2D eigenvalue weighted by atomic mass is 9.94. The summed E-state index contributed by atoms with van der Waals surface area (Å²) >= 11 is 1.06. The topological polar surface area (TPSA) is 107 Å². The smallest absolute Gasteiger partial charge is 0.282 e. The van der Waals surface area contributed by atoms with Gasteiger partial charge in [0.2, 0.25) is 10.9 Å². The van der Waals surface area contributed by atoms with E-state index in [1.54, 1.807) is 43.4 Å². The minimum Gasteiger partial charge on any atom is -0.288 e. The first kappa shape index (κ1) is 19.2. The van der Waals surface area contributed by atoms with E-state index in [9.17, 15) is 13.2 Å². The second kappa shape index (κ2) is 7.37. The molecule has 4 rings (SSSR count). The highest BCUT2D eigenvalue weighted by Crippen LogP contribution is 2.32. The number of aromatic nitrogens is 4. The van der Waals surface area contributed by atoms with Crippen molar-refractivity contribution in [1.29, 1.82) is 0 Å². The molecule has 0 bridgehead atoms. The van der Waals surface area contributed by atoms with Crippen LogP contribution in [0.25, 0.3) is 0 Å². The normalized spacial score (nSPS) is 15.3. The molecular formula is C19H15N5O3S2. The molecule has 10 heteroatoms. The van der Waals surface area contributed by atoms with E-state index in [4.69, 9.17) is 0 Å². The summed E-state index contributed by atoms with van der Waals surface area (Å²) in [4.78, 5) is 13.3. The highest BCUT2D eigenvalue weighted by atomic mass is 32.2. The Morgan fingerprint density at radius 1 is 1.03 bits per heavy atom. The lowest BCUT2D eigenvalue weighted by Gasteiger charge is -2.16. The van der Waals surface area contributed by atoms with Crippen LogP contribution >= 0.6 is 11.8 Å². The van der Waals surface area contributed by atoms with Crippen LogP contribution in [0.3, 0.4) is 0 Å². The Morgan fingerprint density at radius 3 is 2.38 bits per heavy atom. The molecule has 0 aliphatic heterocycles. The summed E-state index contributed by atoms with van der Waals surface area (Å²) in [6, 6.07) is 13.2. The van der Waals surface area contributed by atoms with Crippen LogP contribution in [0.1, 0.15) is 21.5 Å². The Labute approximate surface area is 171 Å². The van der Waals surface area contributed by atoms with Crippen LogP contribution in [-0.2, 0) is 17.1 Å². The Hall–Kier alpha value is -3.11. The van der Waals surface area contributed by atoms with E-state index in [0.29, 0.717) is 21.2 Å². The van der Waals surface area contributed by atoms with E-state index in [2.05, 4.69) is 19.9 Å². The van der Waals surface area contributed by atoms with Gasteiger partial charge in [0.05, 0.1) is 15.5 Å². The highest BCUT2D eigenvalue weighted by molar-refractivity contribution is 8.04. The number of ketones is 1. The molecule has 0 amide bonds. The summed E-state index contributed by atoms with van der Waals surface area (Å²) in [5.41, 5.74) is 1.98. The van der Waals surface area contributed by atoms with E-state index >= 15 is 0 Å². The monoisotopic (exact) mass is 425 g/mol. The molecule has 0 saturated carbocycles. The third-order valence-corrected chi connectivity index (χ3v) is 6.62. The van der Waals surface area contributed by atoms with Gasteiger partial charge in [-0.2, -0.15) is 12.8 Å². The summed E-state index contributed by atoms with van der Waals surface area (Å²) in [5.74, 6) is -0.236. The third-order valence-electron chi connectivity index (χ3n) is 4.26. The maximum atomic E-state index is 12.9. The van der Waals surface area contributed by atoms with Crippen molar-refractivity contribution in [3.05, 3.63) is 76.2 Å². The van der Waals surface area contributed by atoms with Crippen LogP contribution in [-0.4, -0.2) is 40.1 Å². The molecule has 2 aromatic carbocycles. The molecule has 29 heavy (non-hydrogen) atoms. The summed E-state index contributed by atoms with van der Waals surface area (Å²) < 4.78 is 31.1. The van der Waals surface area contributed by atoms with E-state index in [1.807, 2.05) is 6.92 Å². The fourth-order valence-electron chi connectivity index (χ4n) is 2.75. The van der Waals surface area contributed by atoms with Gasteiger partial charge in [-0.3, -0.25) is 4.79 Å². The molecule has 0 saturated heterocycles.